The Labute approximate surface area is 115 Å². The minimum absolute atomic E-state index is 0.290. The van der Waals surface area contributed by atoms with Crippen molar-refractivity contribution in [2.24, 2.45) is 0 Å². The van der Waals surface area contributed by atoms with E-state index in [0.29, 0.717) is 11.3 Å². The Balaban J connectivity index is 1.93. The fourth-order valence-corrected chi connectivity index (χ4v) is 2.50. The number of rotatable bonds is 2. The lowest BCUT2D eigenvalue weighted by Gasteiger charge is -2.01. The van der Waals surface area contributed by atoms with Crippen LogP contribution in [0, 0.1) is 6.92 Å². The molecule has 0 saturated carbocycles. The minimum Gasteiger partial charge on any atom is -0.422 e. The summed E-state index contributed by atoms with van der Waals surface area (Å²) in [5.74, 6) is 0.327. The van der Waals surface area contributed by atoms with Gasteiger partial charge in [-0.1, -0.05) is 29.8 Å². The summed E-state index contributed by atoms with van der Waals surface area (Å²) in [5.41, 5.74) is 3.72. The zero-order valence-corrected chi connectivity index (χ0v) is 11.2. The van der Waals surface area contributed by atoms with Crippen LogP contribution in [0.5, 0.6) is 0 Å². The van der Waals surface area contributed by atoms with Crippen molar-refractivity contribution in [3.63, 3.8) is 0 Å². The van der Waals surface area contributed by atoms with Crippen molar-refractivity contribution in [1.29, 1.82) is 0 Å². The first-order valence-corrected chi connectivity index (χ1v) is 6.91. The molecule has 1 aliphatic heterocycles. The molecule has 3 heteroatoms. The maximum atomic E-state index is 11.8. The molecule has 2 heterocycles. The molecular weight excluding hydrogens is 256 g/mol. The van der Waals surface area contributed by atoms with Crippen molar-refractivity contribution < 1.29 is 9.53 Å². The summed E-state index contributed by atoms with van der Waals surface area (Å²) in [6.45, 7) is 2.03. The molecule has 2 aromatic rings. The van der Waals surface area contributed by atoms with Crippen LogP contribution in [0.25, 0.3) is 11.8 Å². The van der Waals surface area contributed by atoms with Gasteiger partial charge in [-0.15, -0.1) is 0 Å². The Morgan fingerprint density at radius 1 is 1.16 bits per heavy atom. The zero-order chi connectivity index (χ0) is 13.2. The predicted molar refractivity (Wildman–Crippen MR) is 77.5 cm³/mol. The molecule has 94 valence electrons. The van der Waals surface area contributed by atoms with E-state index < -0.39 is 0 Å². The van der Waals surface area contributed by atoms with Crippen LogP contribution in [0.1, 0.15) is 16.7 Å². The number of hydrogen-bond acceptors (Lipinski definition) is 3. The van der Waals surface area contributed by atoms with Crippen LogP contribution in [0.4, 0.5) is 0 Å². The molecular formula is C16H12O2S. The van der Waals surface area contributed by atoms with Crippen LogP contribution in [-0.4, -0.2) is 5.97 Å². The van der Waals surface area contributed by atoms with Gasteiger partial charge in [0, 0.05) is 5.56 Å². The molecule has 0 unspecified atom stereocenters. The summed E-state index contributed by atoms with van der Waals surface area (Å²) in [6.07, 6.45) is 3.64. The van der Waals surface area contributed by atoms with Crippen molar-refractivity contribution in [2.75, 3.05) is 0 Å². The molecule has 0 saturated heterocycles. The largest absolute Gasteiger partial charge is 0.422 e. The SMILES string of the molecule is Cc1ccc(C2=CC(=Cc3ccsc3)C(=O)O2)cc1. The highest BCUT2D eigenvalue weighted by Crippen LogP contribution is 2.27. The summed E-state index contributed by atoms with van der Waals surface area (Å²) < 4.78 is 5.31. The lowest BCUT2D eigenvalue weighted by Crippen LogP contribution is -1.96. The second-order valence-electron chi connectivity index (χ2n) is 4.42. The van der Waals surface area contributed by atoms with Gasteiger partial charge in [-0.25, -0.2) is 4.79 Å². The Hall–Kier alpha value is -2.13. The fraction of sp³-hybridized carbons (Fsp3) is 0.0625. The van der Waals surface area contributed by atoms with Crippen LogP contribution in [-0.2, 0) is 9.53 Å². The van der Waals surface area contributed by atoms with Gasteiger partial charge in [-0.3, -0.25) is 0 Å². The van der Waals surface area contributed by atoms with Gasteiger partial charge in [-0.05, 0) is 41.5 Å². The van der Waals surface area contributed by atoms with Gasteiger partial charge >= 0.3 is 5.97 Å². The van der Waals surface area contributed by atoms with E-state index in [9.17, 15) is 4.79 Å². The van der Waals surface area contributed by atoms with Crippen LogP contribution >= 0.6 is 11.3 Å². The molecule has 3 rings (SSSR count). The molecule has 0 aliphatic carbocycles. The Kier molecular flexibility index (Phi) is 3.05. The Morgan fingerprint density at radius 3 is 2.63 bits per heavy atom. The number of thiophene rings is 1. The number of ether oxygens (including phenoxy) is 1. The lowest BCUT2D eigenvalue weighted by atomic mass is 10.1. The first-order valence-electron chi connectivity index (χ1n) is 5.97. The zero-order valence-electron chi connectivity index (χ0n) is 10.4. The third-order valence-electron chi connectivity index (χ3n) is 2.93. The standard InChI is InChI=1S/C16H12O2S/c1-11-2-4-13(5-3-11)15-9-14(16(17)18-15)8-12-6-7-19-10-12/h2-10H,1H3. The molecule has 0 fully saturated rings. The minimum atomic E-state index is -0.290. The Bertz CT molecular complexity index is 661. The van der Waals surface area contributed by atoms with Gasteiger partial charge in [0.25, 0.3) is 0 Å². The van der Waals surface area contributed by atoms with E-state index in [0.717, 1.165) is 11.1 Å². The molecule has 0 amide bonds. The highest BCUT2D eigenvalue weighted by atomic mass is 32.1. The molecule has 0 N–H and O–H groups in total. The third kappa shape index (κ3) is 2.51. The summed E-state index contributed by atoms with van der Waals surface area (Å²) >= 11 is 1.61. The van der Waals surface area contributed by atoms with E-state index in [2.05, 4.69) is 0 Å². The monoisotopic (exact) mass is 268 g/mol. The number of esters is 1. The molecule has 0 spiro atoms. The third-order valence-corrected chi connectivity index (χ3v) is 3.63. The number of benzene rings is 1. The van der Waals surface area contributed by atoms with E-state index in [1.54, 1.807) is 17.4 Å². The van der Waals surface area contributed by atoms with E-state index in [4.69, 9.17) is 4.74 Å². The summed E-state index contributed by atoms with van der Waals surface area (Å²) in [5, 5.41) is 3.98. The normalized spacial score (nSPS) is 16.6. The van der Waals surface area contributed by atoms with Crippen molar-refractivity contribution in [2.45, 2.75) is 6.92 Å². The molecule has 0 atom stereocenters. The van der Waals surface area contributed by atoms with E-state index in [-0.39, 0.29) is 5.97 Å². The molecule has 2 nitrogen and oxygen atoms in total. The van der Waals surface area contributed by atoms with Crippen LogP contribution in [0.15, 0.2) is 52.7 Å². The Morgan fingerprint density at radius 2 is 1.95 bits per heavy atom. The van der Waals surface area contributed by atoms with E-state index in [1.165, 1.54) is 5.56 Å². The second-order valence-corrected chi connectivity index (χ2v) is 5.20. The molecule has 0 radical (unpaired) electrons. The van der Waals surface area contributed by atoms with Gasteiger partial charge in [-0.2, -0.15) is 11.3 Å². The van der Waals surface area contributed by atoms with Gasteiger partial charge in [0.15, 0.2) is 0 Å². The highest BCUT2D eigenvalue weighted by molar-refractivity contribution is 7.08. The highest BCUT2D eigenvalue weighted by Gasteiger charge is 2.21. The number of cyclic esters (lactones) is 1. The average Bonchev–Trinajstić information content (AvgIpc) is 3.02. The smallest absolute Gasteiger partial charge is 0.343 e. The van der Waals surface area contributed by atoms with Crippen LogP contribution in [0.3, 0.4) is 0 Å². The summed E-state index contributed by atoms with van der Waals surface area (Å²) in [7, 11) is 0. The van der Waals surface area contributed by atoms with E-state index in [1.807, 2.05) is 54.1 Å². The number of carbonyl (C=O) groups excluding carboxylic acids is 1. The molecule has 0 bridgehead atoms. The number of carbonyl (C=O) groups is 1. The van der Waals surface area contributed by atoms with Gasteiger partial charge < -0.3 is 4.74 Å². The first kappa shape index (κ1) is 11.9. The summed E-state index contributed by atoms with van der Waals surface area (Å²) in [6, 6.07) is 9.90. The topological polar surface area (TPSA) is 26.3 Å². The maximum Gasteiger partial charge on any atom is 0.343 e. The molecule has 1 aromatic heterocycles. The number of hydrogen-bond donors (Lipinski definition) is 0. The van der Waals surface area contributed by atoms with Crippen LogP contribution in [0.2, 0.25) is 0 Å². The van der Waals surface area contributed by atoms with Crippen molar-refractivity contribution in [1.82, 2.24) is 0 Å². The van der Waals surface area contributed by atoms with Gasteiger partial charge in [0.2, 0.25) is 0 Å². The quantitative estimate of drug-likeness (QED) is 0.607. The van der Waals surface area contributed by atoms with Crippen molar-refractivity contribution >= 4 is 29.1 Å². The van der Waals surface area contributed by atoms with Crippen LogP contribution < -0.4 is 0 Å². The average molecular weight is 268 g/mol. The van der Waals surface area contributed by atoms with Crippen molar-refractivity contribution in [3.8, 4) is 0 Å². The second kappa shape index (κ2) is 4.86. The van der Waals surface area contributed by atoms with Crippen molar-refractivity contribution in [3.05, 3.63) is 69.4 Å². The van der Waals surface area contributed by atoms with Gasteiger partial charge in [0.1, 0.15) is 5.76 Å². The number of aryl methyl sites for hydroxylation is 1. The molecule has 1 aromatic carbocycles. The summed E-state index contributed by atoms with van der Waals surface area (Å²) in [4.78, 5) is 11.8. The molecule has 19 heavy (non-hydrogen) atoms. The first-order chi connectivity index (χ1) is 9.22. The van der Waals surface area contributed by atoms with E-state index >= 15 is 0 Å². The lowest BCUT2D eigenvalue weighted by molar-refractivity contribution is -0.130. The molecule has 1 aliphatic rings. The van der Waals surface area contributed by atoms with Gasteiger partial charge in [0.05, 0.1) is 5.57 Å². The maximum absolute atomic E-state index is 11.8. The predicted octanol–water partition coefficient (Wildman–Crippen LogP) is 4.04. The fourth-order valence-electron chi connectivity index (χ4n) is 1.89.